The topological polar surface area (TPSA) is 66.4 Å². The summed E-state index contributed by atoms with van der Waals surface area (Å²) in [7, 11) is 0. The zero-order valence-corrected chi connectivity index (χ0v) is 10.6. The number of hydrogen-bond donors (Lipinski definition) is 2. The van der Waals surface area contributed by atoms with Crippen LogP contribution in [-0.4, -0.2) is 23.3 Å². The highest BCUT2D eigenvalue weighted by Gasteiger charge is 2.33. The summed E-state index contributed by atoms with van der Waals surface area (Å²) in [5, 5.41) is 12.9. The second-order valence-corrected chi connectivity index (χ2v) is 5.14. The summed E-state index contributed by atoms with van der Waals surface area (Å²) in [5.74, 6) is -0.777. The molecule has 1 aliphatic rings. The molecule has 1 atom stereocenters. The van der Waals surface area contributed by atoms with Crippen molar-refractivity contribution in [3.8, 4) is 0 Å². The number of benzene rings is 1. The molecule has 2 rings (SSSR count). The van der Waals surface area contributed by atoms with E-state index in [0.29, 0.717) is 5.56 Å². The van der Waals surface area contributed by atoms with Gasteiger partial charge in [-0.05, 0) is 24.6 Å². The number of hydrogen-bond acceptors (Lipinski definition) is 3. The maximum Gasteiger partial charge on any atom is 0.224 e. The highest BCUT2D eigenvalue weighted by Crippen LogP contribution is 2.24. The zero-order valence-electron chi connectivity index (χ0n) is 10.6. The number of halogens is 1. The number of nitrogens with one attached hydrogen (secondary N) is 1. The van der Waals surface area contributed by atoms with E-state index in [0.717, 1.165) is 0 Å². The summed E-state index contributed by atoms with van der Waals surface area (Å²) in [4.78, 5) is 22.5. The summed E-state index contributed by atoms with van der Waals surface area (Å²) < 4.78 is 12.8. The lowest BCUT2D eigenvalue weighted by Crippen LogP contribution is -2.44. The molecular weight excluding hydrogens is 249 g/mol. The number of rotatable bonds is 4. The molecule has 1 aliphatic carbocycles. The molecule has 0 aromatic heterocycles. The maximum atomic E-state index is 12.8. The van der Waals surface area contributed by atoms with Crippen LogP contribution in [0.2, 0.25) is 0 Å². The Morgan fingerprint density at radius 3 is 2.53 bits per heavy atom. The van der Waals surface area contributed by atoms with E-state index in [4.69, 9.17) is 0 Å². The highest BCUT2D eigenvalue weighted by atomic mass is 19.1. The van der Waals surface area contributed by atoms with Crippen molar-refractivity contribution in [2.75, 3.05) is 6.54 Å². The van der Waals surface area contributed by atoms with E-state index in [9.17, 15) is 19.1 Å². The van der Waals surface area contributed by atoms with Gasteiger partial charge in [0.05, 0.1) is 12.5 Å². The third kappa shape index (κ3) is 3.17. The molecule has 1 unspecified atom stereocenters. The standard InChI is InChI=1S/C14H16FNO3/c1-14(19,10-2-4-11(15)5-3-10)8-16-13(18)9-6-12(17)7-9/h2-5,9,19H,6-8H2,1H3,(H,16,18). The SMILES string of the molecule is CC(O)(CNC(=O)C1CC(=O)C1)c1ccc(F)cc1. The predicted molar refractivity (Wildman–Crippen MR) is 66.7 cm³/mol. The van der Waals surface area contributed by atoms with E-state index in [1.54, 1.807) is 6.92 Å². The second-order valence-electron chi connectivity index (χ2n) is 5.14. The van der Waals surface area contributed by atoms with E-state index in [-0.39, 0.29) is 42.8 Å². The van der Waals surface area contributed by atoms with Crippen LogP contribution < -0.4 is 5.32 Å². The van der Waals surface area contributed by atoms with Gasteiger partial charge in [-0.15, -0.1) is 0 Å². The molecule has 4 nitrogen and oxygen atoms in total. The Morgan fingerprint density at radius 2 is 2.00 bits per heavy atom. The third-order valence-electron chi connectivity index (χ3n) is 3.39. The number of carbonyl (C=O) groups excluding carboxylic acids is 2. The molecule has 1 amide bonds. The summed E-state index contributed by atoms with van der Waals surface area (Å²) in [6.45, 7) is 1.58. The van der Waals surface area contributed by atoms with Gasteiger partial charge < -0.3 is 10.4 Å². The van der Waals surface area contributed by atoms with Crippen molar-refractivity contribution in [2.24, 2.45) is 5.92 Å². The molecule has 0 heterocycles. The minimum Gasteiger partial charge on any atom is -0.384 e. The van der Waals surface area contributed by atoms with Crippen LogP contribution in [0.1, 0.15) is 25.3 Å². The average molecular weight is 265 g/mol. The van der Waals surface area contributed by atoms with Gasteiger partial charge in [-0.1, -0.05) is 12.1 Å². The Balaban J connectivity index is 1.92. The average Bonchev–Trinajstić information content (AvgIpc) is 2.33. The number of amides is 1. The quantitative estimate of drug-likeness (QED) is 0.857. The number of Topliss-reactive ketones (excluding diaryl/α,β-unsaturated/α-hetero) is 1. The molecule has 1 aromatic carbocycles. The number of aliphatic hydroxyl groups is 1. The smallest absolute Gasteiger partial charge is 0.224 e. The van der Waals surface area contributed by atoms with Crippen molar-refractivity contribution in [2.45, 2.75) is 25.4 Å². The zero-order chi connectivity index (χ0) is 14.0. The van der Waals surface area contributed by atoms with Crippen molar-refractivity contribution < 1.29 is 19.1 Å². The fourth-order valence-corrected chi connectivity index (χ4v) is 1.99. The fourth-order valence-electron chi connectivity index (χ4n) is 1.99. The van der Waals surface area contributed by atoms with Gasteiger partial charge in [0.15, 0.2) is 0 Å². The fraction of sp³-hybridized carbons (Fsp3) is 0.429. The third-order valence-corrected chi connectivity index (χ3v) is 3.39. The largest absolute Gasteiger partial charge is 0.384 e. The molecule has 0 radical (unpaired) electrons. The molecular formula is C14H16FNO3. The molecule has 1 fully saturated rings. The first kappa shape index (κ1) is 13.7. The summed E-state index contributed by atoms with van der Waals surface area (Å²) in [5.41, 5.74) is -0.740. The van der Waals surface area contributed by atoms with Crippen molar-refractivity contribution >= 4 is 11.7 Å². The van der Waals surface area contributed by atoms with Crippen LogP contribution in [0.4, 0.5) is 4.39 Å². The lowest BCUT2D eigenvalue weighted by molar-refractivity contribution is -0.138. The summed E-state index contributed by atoms with van der Waals surface area (Å²) >= 11 is 0. The van der Waals surface area contributed by atoms with Gasteiger partial charge in [-0.3, -0.25) is 9.59 Å². The molecule has 102 valence electrons. The van der Waals surface area contributed by atoms with E-state index in [1.807, 2.05) is 0 Å². The van der Waals surface area contributed by atoms with Crippen LogP contribution in [0, 0.1) is 11.7 Å². The van der Waals surface area contributed by atoms with Crippen LogP contribution >= 0.6 is 0 Å². The van der Waals surface area contributed by atoms with Crippen molar-refractivity contribution in [3.63, 3.8) is 0 Å². The molecule has 0 bridgehead atoms. The molecule has 0 aliphatic heterocycles. The first-order valence-corrected chi connectivity index (χ1v) is 6.16. The Morgan fingerprint density at radius 1 is 1.42 bits per heavy atom. The Kier molecular flexibility index (Phi) is 3.66. The van der Waals surface area contributed by atoms with Crippen LogP contribution in [0.3, 0.4) is 0 Å². The van der Waals surface area contributed by atoms with Gasteiger partial charge in [0, 0.05) is 12.8 Å². The van der Waals surface area contributed by atoms with Gasteiger partial charge in [0.2, 0.25) is 5.91 Å². The monoisotopic (exact) mass is 265 g/mol. The summed E-state index contributed by atoms with van der Waals surface area (Å²) in [6, 6.07) is 5.48. The molecule has 0 spiro atoms. The molecule has 1 aromatic rings. The number of ketones is 1. The predicted octanol–water partition coefficient (Wildman–Crippen LogP) is 1.13. The summed E-state index contributed by atoms with van der Waals surface area (Å²) in [6.07, 6.45) is 0.565. The lowest BCUT2D eigenvalue weighted by Gasteiger charge is -2.27. The van der Waals surface area contributed by atoms with E-state index in [1.165, 1.54) is 24.3 Å². The molecule has 19 heavy (non-hydrogen) atoms. The van der Waals surface area contributed by atoms with Gasteiger partial charge in [0.1, 0.15) is 17.2 Å². The van der Waals surface area contributed by atoms with Crippen molar-refractivity contribution in [3.05, 3.63) is 35.6 Å². The Hall–Kier alpha value is -1.75. The normalized spacial score (nSPS) is 18.6. The maximum absolute atomic E-state index is 12.8. The minimum atomic E-state index is -1.27. The van der Waals surface area contributed by atoms with Gasteiger partial charge in [0.25, 0.3) is 0 Å². The van der Waals surface area contributed by atoms with Crippen LogP contribution in [0.25, 0.3) is 0 Å². The Bertz CT molecular complexity index is 488. The van der Waals surface area contributed by atoms with Crippen molar-refractivity contribution in [1.82, 2.24) is 5.32 Å². The first-order valence-electron chi connectivity index (χ1n) is 6.16. The molecule has 2 N–H and O–H groups in total. The second kappa shape index (κ2) is 5.09. The van der Waals surface area contributed by atoms with Crippen LogP contribution in [0.5, 0.6) is 0 Å². The highest BCUT2D eigenvalue weighted by molar-refractivity contribution is 5.96. The molecule has 5 heteroatoms. The van der Waals surface area contributed by atoms with Gasteiger partial charge in [-0.25, -0.2) is 4.39 Å². The number of carbonyl (C=O) groups is 2. The lowest BCUT2D eigenvalue weighted by atomic mass is 9.83. The van der Waals surface area contributed by atoms with E-state index in [2.05, 4.69) is 5.32 Å². The Labute approximate surface area is 110 Å². The van der Waals surface area contributed by atoms with Gasteiger partial charge >= 0.3 is 0 Å². The van der Waals surface area contributed by atoms with Crippen LogP contribution in [-0.2, 0) is 15.2 Å². The van der Waals surface area contributed by atoms with Crippen LogP contribution in [0.15, 0.2) is 24.3 Å². The van der Waals surface area contributed by atoms with Gasteiger partial charge in [-0.2, -0.15) is 0 Å². The minimum absolute atomic E-state index is 0.0299. The van der Waals surface area contributed by atoms with Crippen molar-refractivity contribution in [1.29, 1.82) is 0 Å². The van der Waals surface area contributed by atoms with E-state index >= 15 is 0 Å². The molecule has 1 saturated carbocycles. The van der Waals surface area contributed by atoms with E-state index < -0.39 is 5.60 Å². The first-order chi connectivity index (χ1) is 8.88. The molecule has 0 saturated heterocycles.